The molecule has 1 atom stereocenters. The van der Waals surface area contributed by atoms with Gasteiger partial charge in [0.2, 0.25) is 11.8 Å². The third-order valence-electron chi connectivity index (χ3n) is 5.34. The zero-order chi connectivity index (χ0) is 19.2. The molecule has 1 saturated carbocycles. The summed E-state index contributed by atoms with van der Waals surface area (Å²) in [7, 11) is 0. The van der Waals surface area contributed by atoms with Crippen molar-refractivity contribution in [2.75, 3.05) is 5.32 Å². The van der Waals surface area contributed by atoms with Crippen molar-refractivity contribution in [3.05, 3.63) is 65.7 Å². The molecule has 27 heavy (non-hydrogen) atoms. The van der Waals surface area contributed by atoms with Crippen molar-refractivity contribution < 1.29 is 9.59 Å². The Morgan fingerprint density at radius 1 is 1.07 bits per heavy atom. The van der Waals surface area contributed by atoms with Crippen LogP contribution in [0.5, 0.6) is 0 Å². The highest BCUT2D eigenvalue weighted by atomic mass is 16.2. The molecule has 1 unspecified atom stereocenters. The maximum absolute atomic E-state index is 13.3. The molecule has 2 amide bonds. The minimum Gasteiger partial charge on any atom is -0.331 e. The molecule has 0 aromatic heterocycles. The first-order valence-corrected chi connectivity index (χ1v) is 9.76. The number of rotatable bonds is 6. The van der Waals surface area contributed by atoms with Crippen LogP contribution in [0.15, 0.2) is 54.6 Å². The van der Waals surface area contributed by atoms with Gasteiger partial charge in [0, 0.05) is 25.1 Å². The second-order valence-corrected chi connectivity index (χ2v) is 7.42. The van der Waals surface area contributed by atoms with Gasteiger partial charge in [0.15, 0.2) is 0 Å². The van der Waals surface area contributed by atoms with E-state index in [0.29, 0.717) is 6.54 Å². The Bertz CT molecular complexity index is 782. The first kappa shape index (κ1) is 19.2. The van der Waals surface area contributed by atoms with E-state index < -0.39 is 0 Å². The van der Waals surface area contributed by atoms with Crippen LogP contribution in [0.3, 0.4) is 0 Å². The van der Waals surface area contributed by atoms with E-state index in [9.17, 15) is 9.59 Å². The van der Waals surface area contributed by atoms with Crippen molar-refractivity contribution in [1.82, 2.24) is 4.90 Å². The summed E-state index contributed by atoms with van der Waals surface area (Å²) < 4.78 is 0. The minimum absolute atomic E-state index is 0.0629. The number of anilines is 1. The molecule has 3 rings (SSSR count). The molecule has 142 valence electrons. The van der Waals surface area contributed by atoms with Gasteiger partial charge in [-0.2, -0.15) is 0 Å². The van der Waals surface area contributed by atoms with Gasteiger partial charge in [0.1, 0.15) is 0 Å². The fourth-order valence-corrected chi connectivity index (χ4v) is 3.85. The van der Waals surface area contributed by atoms with Gasteiger partial charge in [0.25, 0.3) is 0 Å². The first-order chi connectivity index (χ1) is 13.0. The molecule has 0 spiro atoms. The van der Waals surface area contributed by atoms with Crippen molar-refractivity contribution in [1.29, 1.82) is 0 Å². The van der Waals surface area contributed by atoms with Crippen LogP contribution < -0.4 is 5.32 Å². The van der Waals surface area contributed by atoms with Crippen LogP contribution in [0.25, 0.3) is 0 Å². The predicted octanol–water partition coefficient (Wildman–Crippen LogP) is 4.93. The van der Waals surface area contributed by atoms with Gasteiger partial charge in [-0.25, -0.2) is 0 Å². The molecule has 0 heterocycles. The lowest BCUT2D eigenvalue weighted by Crippen LogP contribution is -2.37. The molecule has 2 aromatic rings. The molecule has 1 fully saturated rings. The third-order valence-corrected chi connectivity index (χ3v) is 5.34. The second kappa shape index (κ2) is 8.85. The number of carbonyl (C=O) groups is 2. The maximum atomic E-state index is 13.3. The van der Waals surface area contributed by atoms with Gasteiger partial charge in [-0.1, -0.05) is 55.3 Å². The average molecular weight is 364 g/mol. The van der Waals surface area contributed by atoms with E-state index >= 15 is 0 Å². The molecule has 2 aromatic carbocycles. The second-order valence-electron chi connectivity index (χ2n) is 7.42. The molecule has 4 heteroatoms. The monoisotopic (exact) mass is 364 g/mol. The zero-order valence-corrected chi connectivity index (χ0v) is 16.2. The van der Waals surface area contributed by atoms with Crippen LogP contribution in [0, 0.1) is 5.92 Å². The van der Waals surface area contributed by atoms with Crippen molar-refractivity contribution in [3.63, 3.8) is 0 Å². The van der Waals surface area contributed by atoms with Gasteiger partial charge in [0.05, 0.1) is 6.04 Å². The maximum Gasteiger partial charge on any atom is 0.226 e. The normalized spacial score (nSPS) is 15.3. The van der Waals surface area contributed by atoms with E-state index in [4.69, 9.17) is 0 Å². The Morgan fingerprint density at radius 3 is 2.44 bits per heavy atom. The standard InChI is InChI=1S/C23H28N2O2/c1-17(21-13-8-14-22(15-21)24-18(2)26)25(16-19-9-4-3-5-10-19)23(27)20-11-6-7-12-20/h3-5,8-10,13-15,17,20H,6-7,11-12,16H2,1-2H3,(H,24,26). The Kier molecular flexibility index (Phi) is 6.28. The smallest absolute Gasteiger partial charge is 0.226 e. The topological polar surface area (TPSA) is 49.4 Å². The summed E-state index contributed by atoms with van der Waals surface area (Å²) in [5.74, 6) is 0.284. The fourth-order valence-electron chi connectivity index (χ4n) is 3.85. The number of amides is 2. The van der Waals surface area contributed by atoms with Crippen molar-refractivity contribution in [3.8, 4) is 0 Å². The number of carbonyl (C=O) groups excluding carboxylic acids is 2. The molecule has 0 radical (unpaired) electrons. The first-order valence-electron chi connectivity index (χ1n) is 9.76. The molecule has 4 nitrogen and oxygen atoms in total. The zero-order valence-electron chi connectivity index (χ0n) is 16.2. The van der Waals surface area contributed by atoms with Gasteiger partial charge in [-0.15, -0.1) is 0 Å². The van der Waals surface area contributed by atoms with Crippen LogP contribution in [-0.4, -0.2) is 16.7 Å². The molecular formula is C23H28N2O2. The molecule has 0 saturated heterocycles. The quantitative estimate of drug-likeness (QED) is 0.790. The number of nitrogens with one attached hydrogen (secondary N) is 1. The number of nitrogens with zero attached hydrogens (tertiary/aromatic N) is 1. The number of hydrogen-bond acceptors (Lipinski definition) is 2. The van der Waals surface area contributed by atoms with Crippen molar-refractivity contribution >= 4 is 17.5 Å². The van der Waals surface area contributed by atoms with Crippen molar-refractivity contribution in [2.24, 2.45) is 5.92 Å². The van der Waals surface area contributed by atoms with Crippen LogP contribution in [0.4, 0.5) is 5.69 Å². The number of benzene rings is 2. The Balaban J connectivity index is 1.86. The molecule has 1 aliphatic rings. The molecule has 1 N–H and O–H groups in total. The van der Waals surface area contributed by atoms with E-state index in [2.05, 4.69) is 24.4 Å². The minimum atomic E-state index is -0.0945. The van der Waals surface area contributed by atoms with E-state index in [-0.39, 0.29) is 23.8 Å². The largest absolute Gasteiger partial charge is 0.331 e. The Hall–Kier alpha value is -2.62. The number of hydrogen-bond donors (Lipinski definition) is 1. The summed E-state index contributed by atoms with van der Waals surface area (Å²) >= 11 is 0. The summed E-state index contributed by atoms with van der Waals surface area (Å²) in [5, 5.41) is 2.83. The highest BCUT2D eigenvalue weighted by Crippen LogP contribution is 2.32. The summed E-state index contributed by atoms with van der Waals surface area (Å²) in [5.41, 5.74) is 2.93. The molecule has 0 aliphatic heterocycles. The summed E-state index contributed by atoms with van der Waals surface area (Å²) in [6, 6.07) is 17.9. The van der Waals surface area contributed by atoms with E-state index in [0.717, 1.165) is 42.5 Å². The summed E-state index contributed by atoms with van der Waals surface area (Å²) in [6.45, 7) is 4.17. The molecule has 1 aliphatic carbocycles. The third kappa shape index (κ3) is 4.97. The molecular weight excluding hydrogens is 336 g/mol. The van der Waals surface area contributed by atoms with Gasteiger partial charge < -0.3 is 10.2 Å². The van der Waals surface area contributed by atoms with Crippen LogP contribution >= 0.6 is 0 Å². The lowest BCUT2D eigenvalue weighted by Gasteiger charge is -2.32. The fraction of sp³-hybridized carbons (Fsp3) is 0.391. The van der Waals surface area contributed by atoms with Crippen LogP contribution in [0.1, 0.15) is 56.7 Å². The Morgan fingerprint density at radius 2 is 1.78 bits per heavy atom. The van der Waals surface area contributed by atoms with E-state index in [1.54, 1.807) is 0 Å². The van der Waals surface area contributed by atoms with Crippen LogP contribution in [-0.2, 0) is 16.1 Å². The summed E-state index contributed by atoms with van der Waals surface area (Å²) in [6.07, 6.45) is 4.26. The predicted molar refractivity (Wildman–Crippen MR) is 108 cm³/mol. The van der Waals surface area contributed by atoms with E-state index in [1.807, 2.05) is 47.4 Å². The SMILES string of the molecule is CC(=O)Nc1cccc(C(C)N(Cc2ccccc2)C(=O)C2CCCC2)c1. The van der Waals surface area contributed by atoms with Crippen LogP contribution in [0.2, 0.25) is 0 Å². The van der Waals surface area contributed by atoms with Gasteiger partial charge >= 0.3 is 0 Å². The summed E-state index contributed by atoms with van der Waals surface area (Å²) in [4.78, 5) is 26.7. The van der Waals surface area contributed by atoms with Crippen molar-refractivity contribution in [2.45, 2.75) is 52.1 Å². The van der Waals surface area contributed by atoms with Gasteiger partial charge in [-0.05, 0) is 43.0 Å². The van der Waals surface area contributed by atoms with Gasteiger partial charge in [-0.3, -0.25) is 9.59 Å². The lowest BCUT2D eigenvalue weighted by molar-refractivity contribution is -0.138. The van der Waals surface area contributed by atoms with E-state index in [1.165, 1.54) is 6.92 Å². The lowest BCUT2D eigenvalue weighted by atomic mass is 10.0. The average Bonchev–Trinajstić information content (AvgIpc) is 3.20. The highest BCUT2D eigenvalue weighted by Gasteiger charge is 2.30. The molecule has 0 bridgehead atoms. The Labute approximate surface area is 161 Å². The highest BCUT2D eigenvalue weighted by molar-refractivity contribution is 5.88.